The Kier molecular flexibility index (Phi) is 6.13. The highest BCUT2D eigenvalue weighted by Crippen LogP contribution is 2.55. The van der Waals surface area contributed by atoms with Crippen LogP contribution < -0.4 is 0 Å². The Labute approximate surface area is 187 Å². The first-order valence-corrected chi connectivity index (χ1v) is 11.8. The van der Waals surface area contributed by atoms with Gasteiger partial charge in [-0.1, -0.05) is 81.5 Å². The predicted octanol–water partition coefficient (Wildman–Crippen LogP) is 7.24. The molecule has 1 aliphatic heterocycles. The lowest BCUT2D eigenvalue weighted by molar-refractivity contribution is -0.0694. The van der Waals surface area contributed by atoms with Gasteiger partial charge in [0.1, 0.15) is 5.82 Å². The van der Waals surface area contributed by atoms with E-state index in [2.05, 4.69) is 6.92 Å². The number of ether oxygens (including phenoxy) is 2. The number of benzene rings is 2. The van der Waals surface area contributed by atoms with E-state index in [4.69, 9.17) is 9.47 Å². The van der Waals surface area contributed by atoms with Gasteiger partial charge < -0.3 is 9.47 Å². The fourth-order valence-electron chi connectivity index (χ4n) is 5.50. The monoisotopic (exact) mass is 442 g/mol. The highest BCUT2D eigenvalue weighted by atomic mass is 19.2. The van der Waals surface area contributed by atoms with Crippen molar-refractivity contribution in [3.63, 3.8) is 0 Å². The molecule has 6 rings (SSSR count). The third-order valence-corrected chi connectivity index (χ3v) is 7.12. The zero-order valence-electron chi connectivity index (χ0n) is 18.3. The van der Waals surface area contributed by atoms with Crippen LogP contribution in [0.15, 0.2) is 42.5 Å². The number of halogens is 3. The summed E-state index contributed by atoms with van der Waals surface area (Å²) >= 11 is 0. The maximum absolute atomic E-state index is 15.6. The highest BCUT2D eigenvalue weighted by Gasteiger charge is 2.54. The molecule has 0 aromatic heterocycles. The minimum absolute atomic E-state index is 0.109. The molecule has 170 valence electrons. The third kappa shape index (κ3) is 3.60. The van der Waals surface area contributed by atoms with Gasteiger partial charge >= 0.3 is 0 Å². The largest absolute Gasteiger partial charge is 0.341 e. The van der Waals surface area contributed by atoms with Crippen LogP contribution in [0.4, 0.5) is 13.2 Å². The molecule has 2 aromatic carbocycles. The van der Waals surface area contributed by atoms with E-state index in [0.29, 0.717) is 6.42 Å². The lowest BCUT2D eigenvalue weighted by Gasteiger charge is -2.41. The van der Waals surface area contributed by atoms with Crippen LogP contribution >= 0.6 is 0 Å². The molecule has 0 radical (unpaired) electrons. The van der Waals surface area contributed by atoms with Gasteiger partial charge in [-0.15, -0.1) is 0 Å². The smallest absolute Gasteiger partial charge is 0.184 e. The summed E-state index contributed by atoms with van der Waals surface area (Å²) in [7, 11) is 0. The van der Waals surface area contributed by atoms with Crippen molar-refractivity contribution in [3.8, 4) is 0 Å². The molecule has 2 aromatic rings. The topological polar surface area (TPSA) is 18.5 Å². The molecule has 5 unspecified atom stereocenters. The average Bonchev–Trinajstić information content (AvgIpc) is 3.29. The van der Waals surface area contributed by atoms with E-state index in [0.717, 1.165) is 31.2 Å². The molecule has 4 aliphatic rings. The Morgan fingerprint density at radius 2 is 1.31 bits per heavy atom. The molecule has 0 N–H and O–H groups in total. The Bertz CT molecular complexity index is 1000. The lowest BCUT2D eigenvalue weighted by atomic mass is 9.67. The van der Waals surface area contributed by atoms with Crippen molar-refractivity contribution in [2.45, 2.75) is 82.2 Å². The molecule has 0 amide bonds. The summed E-state index contributed by atoms with van der Waals surface area (Å²) in [5.41, 5.74) is 1.11. The van der Waals surface area contributed by atoms with Gasteiger partial charge in [-0.2, -0.15) is 0 Å². The summed E-state index contributed by atoms with van der Waals surface area (Å²) in [5, 5.41) is 0. The van der Waals surface area contributed by atoms with Crippen molar-refractivity contribution in [1.29, 1.82) is 0 Å². The van der Waals surface area contributed by atoms with Crippen molar-refractivity contribution < 1.29 is 22.6 Å². The van der Waals surface area contributed by atoms with Gasteiger partial charge in [0.15, 0.2) is 17.9 Å². The Balaban J connectivity index is 1.41. The SMILES string of the molecule is CCCCCCCCc1c(F)c(F)c2c(c1F)C1C=CC2C2OC(c3ccccc3)OC12. The summed E-state index contributed by atoms with van der Waals surface area (Å²) in [6.45, 7) is 2.15. The second kappa shape index (κ2) is 9.03. The van der Waals surface area contributed by atoms with Gasteiger partial charge in [-0.05, 0) is 12.8 Å². The molecule has 1 fully saturated rings. The number of hydrogen-bond donors (Lipinski definition) is 0. The van der Waals surface area contributed by atoms with E-state index in [1.165, 1.54) is 6.42 Å². The second-order valence-electron chi connectivity index (χ2n) is 9.15. The molecule has 3 aliphatic carbocycles. The fraction of sp³-hybridized carbons (Fsp3) is 0.481. The maximum atomic E-state index is 15.6. The summed E-state index contributed by atoms with van der Waals surface area (Å²) in [4.78, 5) is 0. The Hall–Kier alpha value is -2.11. The van der Waals surface area contributed by atoms with Crippen LogP contribution in [0.3, 0.4) is 0 Å². The normalized spacial score (nSPS) is 27.6. The maximum Gasteiger partial charge on any atom is 0.184 e. The molecule has 5 heteroatoms. The van der Waals surface area contributed by atoms with Gasteiger partial charge in [0.2, 0.25) is 0 Å². The van der Waals surface area contributed by atoms with Crippen molar-refractivity contribution >= 4 is 0 Å². The van der Waals surface area contributed by atoms with Crippen molar-refractivity contribution in [3.05, 3.63) is 82.2 Å². The minimum Gasteiger partial charge on any atom is -0.341 e. The van der Waals surface area contributed by atoms with Gasteiger partial charge in [0.25, 0.3) is 0 Å². The van der Waals surface area contributed by atoms with E-state index in [-0.39, 0.29) is 23.1 Å². The molecular formula is C27H29F3O2. The average molecular weight is 443 g/mol. The summed E-state index contributed by atoms with van der Waals surface area (Å²) in [6, 6.07) is 9.52. The standard InChI is InChI=1S/C27H29F3O2/c1-2-3-4-5-6-10-13-19-22(28)20-17-14-15-18(21(20)24(30)23(19)29)26-25(17)31-27(32-26)16-11-8-7-9-12-16/h7-9,11-12,14-15,17-18,25-27H,2-6,10,13H2,1H3. The molecule has 0 spiro atoms. The summed E-state index contributed by atoms with van der Waals surface area (Å²) in [6.07, 6.45) is 8.46. The number of hydrogen-bond acceptors (Lipinski definition) is 2. The lowest BCUT2D eigenvalue weighted by Crippen LogP contribution is -2.43. The van der Waals surface area contributed by atoms with Crippen molar-refractivity contribution in [2.75, 3.05) is 0 Å². The van der Waals surface area contributed by atoms with E-state index in [9.17, 15) is 4.39 Å². The van der Waals surface area contributed by atoms with Crippen LogP contribution in [0.25, 0.3) is 0 Å². The van der Waals surface area contributed by atoms with Crippen LogP contribution in [0, 0.1) is 17.5 Å². The summed E-state index contributed by atoms with van der Waals surface area (Å²) in [5.74, 6) is -3.59. The van der Waals surface area contributed by atoms with Gasteiger partial charge in [0.05, 0.1) is 12.2 Å². The quantitative estimate of drug-likeness (QED) is 0.244. The number of unbranched alkanes of at least 4 members (excludes halogenated alkanes) is 5. The Morgan fingerprint density at radius 1 is 0.719 bits per heavy atom. The first-order valence-electron chi connectivity index (χ1n) is 11.8. The third-order valence-electron chi connectivity index (χ3n) is 7.12. The van der Waals surface area contributed by atoms with Crippen LogP contribution in [-0.4, -0.2) is 12.2 Å². The molecule has 2 nitrogen and oxygen atoms in total. The Morgan fingerprint density at radius 3 is 1.97 bits per heavy atom. The highest BCUT2D eigenvalue weighted by molar-refractivity contribution is 5.52. The zero-order chi connectivity index (χ0) is 22.2. The van der Waals surface area contributed by atoms with E-state index in [1.807, 2.05) is 42.5 Å². The molecule has 32 heavy (non-hydrogen) atoms. The zero-order valence-corrected chi connectivity index (χ0v) is 18.3. The molecule has 1 saturated heterocycles. The van der Waals surface area contributed by atoms with Crippen molar-refractivity contribution in [1.82, 2.24) is 0 Å². The fourth-order valence-corrected chi connectivity index (χ4v) is 5.50. The molecule has 5 atom stereocenters. The van der Waals surface area contributed by atoms with E-state index < -0.39 is 47.8 Å². The first-order chi connectivity index (χ1) is 15.6. The number of rotatable bonds is 8. The second-order valence-corrected chi connectivity index (χ2v) is 9.15. The van der Waals surface area contributed by atoms with Gasteiger partial charge in [-0.3, -0.25) is 0 Å². The summed E-state index contributed by atoms with van der Waals surface area (Å²) < 4.78 is 58.2. The molecule has 1 heterocycles. The predicted molar refractivity (Wildman–Crippen MR) is 117 cm³/mol. The van der Waals surface area contributed by atoms with Gasteiger partial charge in [-0.25, -0.2) is 13.2 Å². The van der Waals surface area contributed by atoms with Gasteiger partial charge in [0, 0.05) is 34.1 Å². The van der Waals surface area contributed by atoms with Crippen LogP contribution in [0.2, 0.25) is 0 Å². The minimum atomic E-state index is -1.04. The van der Waals surface area contributed by atoms with Crippen LogP contribution in [0.1, 0.15) is 85.8 Å². The van der Waals surface area contributed by atoms with Crippen LogP contribution in [0.5, 0.6) is 0 Å². The molecule has 2 bridgehead atoms. The molecular weight excluding hydrogens is 413 g/mol. The van der Waals surface area contributed by atoms with E-state index in [1.54, 1.807) is 0 Å². The van der Waals surface area contributed by atoms with E-state index >= 15 is 8.78 Å². The first kappa shape index (κ1) is 21.7. The van der Waals surface area contributed by atoms with Crippen LogP contribution in [-0.2, 0) is 15.9 Å². The molecule has 0 saturated carbocycles. The van der Waals surface area contributed by atoms with Crippen molar-refractivity contribution in [2.24, 2.45) is 0 Å².